The zero-order chi connectivity index (χ0) is 9.81. The van der Waals surface area contributed by atoms with Gasteiger partial charge in [0.15, 0.2) is 0 Å². The summed E-state index contributed by atoms with van der Waals surface area (Å²) >= 11 is 0. The van der Waals surface area contributed by atoms with Crippen LogP contribution in [-0.2, 0) is 5.41 Å². The first-order valence-corrected chi connectivity index (χ1v) is 5.53. The van der Waals surface area contributed by atoms with E-state index in [1.807, 2.05) is 0 Å². The van der Waals surface area contributed by atoms with Gasteiger partial charge >= 0.3 is 0 Å². The van der Waals surface area contributed by atoms with Gasteiger partial charge in [-0.05, 0) is 31.4 Å². The van der Waals surface area contributed by atoms with Crippen molar-refractivity contribution in [2.45, 2.75) is 44.1 Å². The van der Waals surface area contributed by atoms with Crippen LogP contribution < -0.4 is 5.32 Å². The third-order valence-corrected chi connectivity index (χ3v) is 4.50. The topological polar surface area (TPSA) is 12.0 Å². The lowest BCUT2D eigenvalue weighted by molar-refractivity contribution is 0.359. The number of nitrogens with one attached hydrogen (secondary N) is 1. The Morgan fingerprint density at radius 1 is 1.14 bits per heavy atom. The van der Waals surface area contributed by atoms with Crippen LogP contribution in [0.5, 0.6) is 0 Å². The largest absolute Gasteiger partial charge is 0.379 e. The Balaban J connectivity index is 2.22. The fraction of sp³-hybridized carbons (Fsp3) is 0.538. The predicted octanol–water partition coefficient (Wildman–Crippen LogP) is 3.31. The first-order chi connectivity index (χ1) is 6.66. The van der Waals surface area contributed by atoms with Crippen LogP contribution in [-0.4, -0.2) is 5.54 Å². The predicted molar refractivity (Wildman–Crippen MR) is 59.7 cm³/mol. The molecule has 1 aromatic carbocycles. The summed E-state index contributed by atoms with van der Waals surface area (Å²) in [4.78, 5) is 0. The third kappa shape index (κ3) is 0.765. The fourth-order valence-corrected chi connectivity index (χ4v) is 3.35. The van der Waals surface area contributed by atoms with Gasteiger partial charge in [0.1, 0.15) is 0 Å². The van der Waals surface area contributed by atoms with Crippen molar-refractivity contribution in [3.63, 3.8) is 0 Å². The van der Waals surface area contributed by atoms with E-state index in [1.54, 1.807) is 0 Å². The summed E-state index contributed by atoms with van der Waals surface area (Å²) < 4.78 is 0. The van der Waals surface area contributed by atoms with E-state index in [2.05, 4.69) is 43.4 Å². The van der Waals surface area contributed by atoms with E-state index in [4.69, 9.17) is 0 Å². The molecule has 1 N–H and O–H groups in total. The smallest absolute Gasteiger partial charge is 0.0440 e. The first-order valence-electron chi connectivity index (χ1n) is 5.53. The van der Waals surface area contributed by atoms with Gasteiger partial charge in [-0.3, -0.25) is 0 Å². The van der Waals surface area contributed by atoms with Crippen LogP contribution in [0.1, 0.15) is 38.7 Å². The Hall–Kier alpha value is -0.980. The van der Waals surface area contributed by atoms with Crippen LogP contribution in [0.4, 0.5) is 5.69 Å². The van der Waals surface area contributed by atoms with Gasteiger partial charge in [-0.25, -0.2) is 0 Å². The molecule has 0 aromatic heterocycles. The van der Waals surface area contributed by atoms with Crippen molar-refractivity contribution >= 4 is 5.69 Å². The maximum absolute atomic E-state index is 3.71. The van der Waals surface area contributed by atoms with E-state index in [0.29, 0.717) is 11.0 Å². The molecular weight excluding hydrogens is 170 g/mol. The van der Waals surface area contributed by atoms with Gasteiger partial charge < -0.3 is 5.32 Å². The molecule has 2 atom stereocenters. The Bertz CT molecular complexity index is 385. The second-order valence-electron chi connectivity index (χ2n) is 5.19. The van der Waals surface area contributed by atoms with E-state index < -0.39 is 0 Å². The monoisotopic (exact) mass is 187 g/mol. The number of fused-ring (bicyclic) bond motifs is 3. The highest BCUT2D eigenvalue weighted by Gasteiger charge is 2.54. The lowest BCUT2D eigenvalue weighted by Crippen LogP contribution is -2.43. The normalized spacial score (nSPS) is 39.0. The van der Waals surface area contributed by atoms with Crippen molar-refractivity contribution in [3.8, 4) is 0 Å². The van der Waals surface area contributed by atoms with E-state index in [9.17, 15) is 0 Å². The Kier molecular flexibility index (Phi) is 1.39. The first kappa shape index (κ1) is 8.34. The molecule has 1 aliphatic heterocycles. The van der Waals surface area contributed by atoms with E-state index in [-0.39, 0.29) is 0 Å². The highest BCUT2D eigenvalue weighted by Crippen LogP contribution is 2.56. The zero-order valence-electron chi connectivity index (χ0n) is 8.93. The molecule has 1 heteroatoms. The molecule has 0 bridgehead atoms. The fourth-order valence-electron chi connectivity index (χ4n) is 3.35. The van der Waals surface area contributed by atoms with Gasteiger partial charge in [-0.2, -0.15) is 0 Å². The molecular formula is C13H17N. The Morgan fingerprint density at radius 2 is 1.93 bits per heavy atom. The van der Waals surface area contributed by atoms with Crippen molar-refractivity contribution in [1.29, 1.82) is 0 Å². The van der Waals surface area contributed by atoms with E-state index in [1.165, 1.54) is 30.5 Å². The maximum atomic E-state index is 3.71. The molecule has 0 amide bonds. The number of anilines is 1. The average molecular weight is 187 g/mol. The molecule has 1 heterocycles. The third-order valence-electron chi connectivity index (χ3n) is 4.50. The molecule has 3 rings (SSSR count). The summed E-state index contributed by atoms with van der Waals surface area (Å²) in [6.45, 7) is 4.79. The lowest BCUT2D eigenvalue weighted by atomic mass is 9.73. The number of para-hydroxylation sites is 1. The molecule has 74 valence electrons. The molecule has 1 nitrogen and oxygen atoms in total. The standard InChI is InChI=1S/C13H17N/c1-12-8-5-9-13(12,2)14-11-7-4-3-6-10(11)12/h3-4,6-7,14H,5,8-9H2,1-2H3. The van der Waals surface area contributed by atoms with Crippen molar-refractivity contribution < 1.29 is 0 Å². The Morgan fingerprint density at radius 3 is 2.79 bits per heavy atom. The second kappa shape index (κ2) is 2.33. The number of hydrogen-bond acceptors (Lipinski definition) is 1. The van der Waals surface area contributed by atoms with Gasteiger partial charge in [-0.15, -0.1) is 0 Å². The van der Waals surface area contributed by atoms with Crippen LogP contribution >= 0.6 is 0 Å². The maximum Gasteiger partial charge on any atom is 0.0440 e. The molecule has 0 saturated heterocycles. The number of hydrogen-bond donors (Lipinski definition) is 1. The SMILES string of the molecule is CC12CCCC1(C)c1ccccc1N2. The molecule has 0 spiro atoms. The molecule has 14 heavy (non-hydrogen) atoms. The zero-order valence-corrected chi connectivity index (χ0v) is 8.93. The minimum absolute atomic E-state index is 0.302. The number of benzene rings is 1. The molecule has 1 fully saturated rings. The highest BCUT2D eigenvalue weighted by molar-refractivity contribution is 5.64. The summed E-state index contributed by atoms with van der Waals surface area (Å²) in [5.41, 5.74) is 3.55. The minimum atomic E-state index is 0.302. The van der Waals surface area contributed by atoms with Gasteiger partial charge in [0.25, 0.3) is 0 Å². The summed E-state index contributed by atoms with van der Waals surface area (Å²) in [7, 11) is 0. The van der Waals surface area contributed by atoms with Crippen LogP contribution in [0, 0.1) is 0 Å². The van der Waals surface area contributed by atoms with E-state index in [0.717, 1.165) is 0 Å². The summed E-state index contributed by atoms with van der Waals surface area (Å²) in [6.07, 6.45) is 3.99. The van der Waals surface area contributed by atoms with Crippen molar-refractivity contribution in [2.24, 2.45) is 0 Å². The summed E-state index contributed by atoms with van der Waals surface area (Å²) in [5, 5.41) is 3.71. The molecule has 2 unspecified atom stereocenters. The van der Waals surface area contributed by atoms with Crippen LogP contribution in [0.3, 0.4) is 0 Å². The average Bonchev–Trinajstić information content (AvgIpc) is 2.54. The number of rotatable bonds is 0. The minimum Gasteiger partial charge on any atom is -0.379 e. The lowest BCUT2D eigenvalue weighted by Gasteiger charge is -2.34. The van der Waals surface area contributed by atoms with Crippen LogP contribution in [0.2, 0.25) is 0 Å². The van der Waals surface area contributed by atoms with Crippen molar-refractivity contribution in [2.75, 3.05) is 5.32 Å². The summed E-state index contributed by atoms with van der Waals surface area (Å²) in [6, 6.07) is 8.79. The summed E-state index contributed by atoms with van der Waals surface area (Å²) in [5.74, 6) is 0. The quantitative estimate of drug-likeness (QED) is 0.657. The van der Waals surface area contributed by atoms with Crippen LogP contribution in [0.25, 0.3) is 0 Å². The van der Waals surface area contributed by atoms with E-state index >= 15 is 0 Å². The molecule has 0 radical (unpaired) electrons. The van der Waals surface area contributed by atoms with Gasteiger partial charge in [0.2, 0.25) is 0 Å². The van der Waals surface area contributed by atoms with Gasteiger partial charge in [-0.1, -0.05) is 31.5 Å². The van der Waals surface area contributed by atoms with Crippen molar-refractivity contribution in [1.82, 2.24) is 0 Å². The van der Waals surface area contributed by atoms with Gasteiger partial charge in [0, 0.05) is 16.6 Å². The molecule has 1 aromatic rings. The van der Waals surface area contributed by atoms with Crippen LogP contribution in [0.15, 0.2) is 24.3 Å². The molecule has 1 aliphatic carbocycles. The highest BCUT2D eigenvalue weighted by atomic mass is 15.0. The van der Waals surface area contributed by atoms with Gasteiger partial charge in [0.05, 0.1) is 0 Å². The second-order valence-corrected chi connectivity index (χ2v) is 5.19. The molecule has 1 saturated carbocycles. The molecule has 2 aliphatic rings. The van der Waals surface area contributed by atoms with Crippen molar-refractivity contribution in [3.05, 3.63) is 29.8 Å². The Labute approximate surface area is 85.5 Å².